The quantitative estimate of drug-likeness (QED) is 0.546. The normalized spacial score (nSPS) is 15.8. The van der Waals surface area contributed by atoms with Gasteiger partial charge in [-0.3, -0.25) is 4.79 Å². The summed E-state index contributed by atoms with van der Waals surface area (Å²) in [6.07, 6.45) is 0.944. The van der Waals surface area contributed by atoms with Crippen molar-refractivity contribution < 1.29 is 17.9 Å². The molecular weight excluding hydrogens is 456 g/mol. The molecule has 1 saturated heterocycles. The summed E-state index contributed by atoms with van der Waals surface area (Å²) in [5.41, 5.74) is 3.29. The van der Waals surface area contributed by atoms with Gasteiger partial charge in [-0.15, -0.1) is 11.3 Å². The van der Waals surface area contributed by atoms with E-state index in [1.807, 2.05) is 36.6 Å². The third-order valence-corrected chi connectivity index (χ3v) is 8.72. The van der Waals surface area contributed by atoms with E-state index in [2.05, 4.69) is 24.4 Å². The predicted molar refractivity (Wildman–Crippen MR) is 130 cm³/mol. The van der Waals surface area contributed by atoms with Crippen LogP contribution in [-0.2, 0) is 21.2 Å². The van der Waals surface area contributed by atoms with E-state index in [4.69, 9.17) is 4.74 Å². The lowest BCUT2D eigenvalue weighted by molar-refractivity contribution is 0.0730. The SMILES string of the molecule is CCc1ccc([C@@H](NC(=O)c2cc(S(=O)(=O)N3CCOCC3)ccc2C)c2cccs2)cc1. The summed E-state index contributed by atoms with van der Waals surface area (Å²) in [4.78, 5) is 14.5. The molecule has 0 spiro atoms. The lowest BCUT2D eigenvalue weighted by atomic mass is 10.0. The predicted octanol–water partition coefficient (Wildman–Crippen LogP) is 4.16. The third kappa shape index (κ3) is 5.19. The maximum atomic E-state index is 13.4. The lowest BCUT2D eigenvalue weighted by Crippen LogP contribution is -2.40. The first-order valence-electron chi connectivity index (χ1n) is 11.0. The number of nitrogens with zero attached hydrogens (tertiary/aromatic N) is 1. The molecule has 0 bridgehead atoms. The first-order valence-corrected chi connectivity index (χ1v) is 13.3. The fourth-order valence-corrected chi connectivity index (χ4v) is 6.11. The van der Waals surface area contributed by atoms with E-state index in [0.29, 0.717) is 31.9 Å². The van der Waals surface area contributed by atoms with E-state index >= 15 is 0 Å². The van der Waals surface area contributed by atoms with E-state index in [1.165, 1.54) is 15.9 Å². The Bertz CT molecular complexity index is 1200. The first kappa shape index (κ1) is 23.6. The Labute approximate surface area is 199 Å². The van der Waals surface area contributed by atoms with Crippen molar-refractivity contribution in [2.24, 2.45) is 0 Å². The largest absolute Gasteiger partial charge is 0.379 e. The summed E-state index contributed by atoms with van der Waals surface area (Å²) in [5.74, 6) is -0.301. The monoisotopic (exact) mass is 484 g/mol. The molecule has 8 heteroatoms. The second-order valence-corrected chi connectivity index (χ2v) is 10.9. The van der Waals surface area contributed by atoms with Crippen LogP contribution in [0.2, 0.25) is 0 Å². The van der Waals surface area contributed by atoms with E-state index in [9.17, 15) is 13.2 Å². The van der Waals surface area contributed by atoms with Gasteiger partial charge in [0.1, 0.15) is 0 Å². The summed E-state index contributed by atoms with van der Waals surface area (Å²) in [5, 5.41) is 5.11. The molecule has 1 aliphatic rings. The molecular formula is C25H28N2O4S2. The number of carbonyl (C=O) groups is 1. The number of amides is 1. The van der Waals surface area contributed by atoms with Gasteiger partial charge in [-0.25, -0.2) is 8.42 Å². The molecule has 2 aromatic carbocycles. The Balaban J connectivity index is 1.64. The number of ether oxygens (including phenoxy) is 1. The smallest absolute Gasteiger partial charge is 0.252 e. The second-order valence-electron chi connectivity index (χ2n) is 8.01. The van der Waals surface area contributed by atoms with E-state index in [0.717, 1.165) is 22.4 Å². The molecule has 6 nitrogen and oxygen atoms in total. The molecule has 0 unspecified atom stereocenters. The molecule has 1 amide bonds. The fourth-order valence-electron chi connectivity index (χ4n) is 3.87. The van der Waals surface area contributed by atoms with Crippen molar-refractivity contribution in [1.82, 2.24) is 9.62 Å². The zero-order valence-corrected chi connectivity index (χ0v) is 20.4. The number of rotatable bonds is 7. The number of aryl methyl sites for hydroxylation is 2. The van der Waals surface area contributed by atoms with Gasteiger partial charge in [-0.05, 0) is 53.6 Å². The van der Waals surface area contributed by atoms with Crippen LogP contribution >= 0.6 is 11.3 Å². The highest BCUT2D eigenvalue weighted by Gasteiger charge is 2.28. The van der Waals surface area contributed by atoms with Gasteiger partial charge in [0.2, 0.25) is 10.0 Å². The number of thiophene rings is 1. The van der Waals surface area contributed by atoms with Crippen LogP contribution in [0.3, 0.4) is 0 Å². The first-order chi connectivity index (χ1) is 15.9. The molecule has 4 rings (SSSR count). The topological polar surface area (TPSA) is 75.7 Å². The number of hydrogen-bond donors (Lipinski definition) is 1. The lowest BCUT2D eigenvalue weighted by Gasteiger charge is -2.26. The Morgan fingerprint density at radius 2 is 1.85 bits per heavy atom. The van der Waals surface area contributed by atoms with Crippen molar-refractivity contribution in [2.45, 2.75) is 31.2 Å². The Hall–Kier alpha value is -2.52. The van der Waals surface area contributed by atoms with Gasteiger partial charge in [0.25, 0.3) is 5.91 Å². The molecule has 2 heterocycles. The number of hydrogen-bond acceptors (Lipinski definition) is 5. The molecule has 174 valence electrons. The second kappa shape index (κ2) is 10.2. The van der Waals surface area contributed by atoms with Crippen molar-refractivity contribution in [3.63, 3.8) is 0 Å². The Morgan fingerprint density at radius 1 is 1.12 bits per heavy atom. The number of carbonyl (C=O) groups excluding carboxylic acids is 1. The van der Waals surface area contributed by atoms with Gasteiger partial charge in [0.05, 0.1) is 24.2 Å². The van der Waals surface area contributed by atoms with Crippen LogP contribution in [0.5, 0.6) is 0 Å². The summed E-state index contributed by atoms with van der Waals surface area (Å²) in [6, 6.07) is 16.6. The van der Waals surface area contributed by atoms with Gasteiger partial charge >= 0.3 is 0 Å². The van der Waals surface area contributed by atoms with Gasteiger partial charge < -0.3 is 10.1 Å². The van der Waals surface area contributed by atoms with Crippen LogP contribution in [0.1, 0.15) is 44.9 Å². The summed E-state index contributed by atoms with van der Waals surface area (Å²) >= 11 is 1.57. The standard InChI is InChI=1S/C25H28N2O4S2/c1-3-19-7-9-20(10-8-19)24(23-5-4-16-32-23)26-25(28)22-17-21(11-6-18(22)2)33(29,30)27-12-14-31-15-13-27/h4-11,16-17,24H,3,12-15H2,1-2H3,(H,26,28)/t24-/m1/s1. The summed E-state index contributed by atoms with van der Waals surface area (Å²) in [7, 11) is -3.69. The fraction of sp³-hybridized carbons (Fsp3) is 0.320. The van der Waals surface area contributed by atoms with Crippen molar-refractivity contribution in [3.05, 3.63) is 87.1 Å². The molecule has 3 aromatic rings. The Morgan fingerprint density at radius 3 is 2.48 bits per heavy atom. The molecule has 33 heavy (non-hydrogen) atoms. The number of benzene rings is 2. The highest BCUT2D eigenvalue weighted by molar-refractivity contribution is 7.89. The van der Waals surface area contributed by atoms with Crippen molar-refractivity contribution in [3.8, 4) is 0 Å². The summed E-state index contributed by atoms with van der Waals surface area (Å²) < 4.78 is 32.9. The highest BCUT2D eigenvalue weighted by Crippen LogP contribution is 2.28. The van der Waals surface area contributed by atoms with Gasteiger partial charge in [0.15, 0.2) is 0 Å². The Kier molecular flexibility index (Phi) is 7.29. The van der Waals surface area contributed by atoms with Crippen LogP contribution in [0.15, 0.2) is 64.9 Å². The van der Waals surface area contributed by atoms with Crippen molar-refractivity contribution in [2.75, 3.05) is 26.3 Å². The number of sulfonamides is 1. The van der Waals surface area contributed by atoms with Crippen molar-refractivity contribution >= 4 is 27.3 Å². The molecule has 1 atom stereocenters. The molecule has 1 aromatic heterocycles. The minimum Gasteiger partial charge on any atom is -0.379 e. The number of morpholine rings is 1. The minimum atomic E-state index is -3.69. The summed E-state index contributed by atoms with van der Waals surface area (Å²) in [6.45, 7) is 5.29. The van der Waals surface area contributed by atoms with Crippen LogP contribution < -0.4 is 5.32 Å². The maximum Gasteiger partial charge on any atom is 0.252 e. The van der Waals surface area contributed by atoms with E-state index < -0.39 is 10.0 Å². The molecule has 1 aliphatic heterocycles. The minimum absolute atomic E-state index is 0.125. The average molecular weight is 485 g/mol. The van der Waals surface area contributed by atoms with Crippen LogP contribution in [0.25, 0.3) is 0 Å². The zero-order valence-electron chi connectivity index (χ0n) is 18.8. The van der Waals surface area contributed by atoms with Crippen LogP contribution in [-0.4, -0.2) is 44.9 Å². The molecule has 0 saturated carbocycles. The van der Waals surface area contributed by atoms with E-state index in [-0.39, 0.29) is 16.8 Å². The van der Waals surface area contributed by atoms with Gasteiger partial charge in [0, 0.05) is 23.5 Å². The van der Waals surface area contributed by atoms with E-state index in [1.54, 1.807) is 23.5 Å². The molecule has 0 radical (unpaired) electrons. The van der Waals surface area contributed by atoms with Crippen LogP contribution in [0, 0.1) is 6.92 Å². The highest BCUT2D eigenvalue weighted by atomic mass is 32.2. The van der Waals surface area contributed by atoms with Crippen molar-refractivity contribution in [1.29, 1.82) is 0 Å². The van der Waals surface area contributed by atoms with Crippen LogP contribution in [0.4, 0.5) is 0 Å². The molecule has 1 N–H and O–H groups in total. The molecule has 1 fully saturated rings. The molecule has 0 aliphatic carbocycles. The van der Waals surface area contributed by atoms with Gasteiger partial charge in [-0.2, -0.15) is 4.31 Å². The third-order valence-electron chi connectivity index (χ3n) is 5.89. The average Bonchev–Trinajstić information content (AvgIpc) is 3.38. The zero-order chi connectivity index (χ0) is 23.4. The number of nitrogens with one attached hydrogen (secondary N) is 1. The maximum absolute atomic E-state index is 13.4. The van der Waals surface area contributed by atoms with Gasteiger partial charge in [-0.1, -0.05) is 43.3 Å².